The summed E-state index contributed by atoms with van der Waals surface area (Å²) in [5.41, 5.74) is 2.55. The van der Waals surface area contributed by atoms with Gasteiger partial charge >= 0.3 is 0 Å². The molecule has 0 bridgehead atoms. The van der Waals surface area contributed by atoms with Gasteiger partial charge in [0.25, 0.3) is 0 Å². The third-order valence-corrected chi connectivity index (χ3v) is 6.13. The van der Waals surface area contributed by atoms with Crippen LogP contribution in [-0.4, -0.2) is 29.9 Å². The van der Waals surface area contributed by atoms with E-state index < -0.39 is 0 Å². The molecule has 5 nitrogen and oxygen atoms in total. The van der Waals surface area contributed by atoms with Crippen molar-refractivity contribution in [1.29, 1.82) is 0 Å². The topological polar surface area (TPSA) is 57.7 Å². The van der Waals surface area contributed by atoms with E-state index in [0.717, 1.165) is 16.5 Å². The van der Waals surface area contributed by atoms with Crippen molar-refractivity contribution in [2.24, 2.45) is 0 Å². The summed E-state index contributed by atoms with van der Waals surface area (Å²) >= 11 is 12.0. The van der Waals surface area contributed by atoms with Crippen molar-refractivity contribution in [2.45, 2.75) is 19.3 Å². The highest BCUT2D eigenvalue weighted by atomic mass is 35.5. The second kappa shape index (κ2) is 11.3. The highest BCUT2D eigenvalue weighted by molar-refractivity contribution is 7.80. The van der Waals surface area contributed by atoms with E-state index in [1.807, 2.05) is 48.5 Å². The number of hydrogen-bond donors (Lipinski definition) is 0. The van der Waals surface area contributed by atoms with Crippen molar-refractivity contribution < 1.29 is 19.0 Å². The number of carbonyl (C=O) groups excluding carboxylic acids is 1. The van der Waals surface area contributed by atoms with Crippen molar-refractivity contribution in [3.8, 4) is 23.0 Å². The Bertz CT molecular complexity index is 1370. The molecule has 0 N–H and O–H groups in total. The van der Waals surface area contributed by atoms with Crippen molar-refractivity contribution in [2.75, 3.05) is 14.2 Å². The number of pyridine rings is 1. The quantitative estimate of drug-likeness (QED) is 0.221. The zero-order valence-corrected chi connectivity index (χ0v) is 21.0. The lowest BCUT2D eigenvalue weighted by Gasteiger charge is -2.13. The van der Waals surface area contributed by atoms with E-state index in [0.29, 0.717) is 51.2 Å². The van der Waals surface area contributed by atoms with Crippen LogP contribution < -0.4 is 14.2 Å². The number of fused-ring (bicyclic) bond motifs is 1. The molecule has 0 saturated carbocycles. The monoisotopic (exact) mass is 505 g/mol. The molecule has 0 radical (unpaired) electrons. The smallest absolute Gasteiger partial charge is 0.162 e. The molecule has 0 unspecified atom stereocenters. The van der Waals surface area contributed by atoms with Gasteiger partial charge in [-0.3, -0.25) is 9.78 Å². The highest BCUT2D eigenvalue weighted by Gasteiger charge is 2.13. The number of Topliss-reactive ketones (excluding diaryl/α,β-unsaturated/α-hetero) is 1. The van der Waals surface area contributed by atoms with Gasteiger partial charge in [0.2, 0.25) is 0 Å². The molecule has 4 rings (SSSR count). The van der Waals surface area contributed by atoms with Gasteiger partial charge in [-0.2, -0.15) is 0 Å². The second-order valence-electron chi connectivity index (χ2n) is 7.98. The normalized spacial score (nSPS) is 10.7. The van der Waals surface area contributed by atoms with Crippen molar-refractivity contribution >= 4 is 45.4 Å². The average Bonchev–Trinajstić information content (AvgIpc) is 2.85. The van der Waals surface area contributed by atoms with E-state index in [1.165, 1.54) is 0 Å². The lowest BCUT2D eigenvalue weighted by atomic mass is 10.0. The van der Waals surface area contributed by atoms with Crippen LogP contribution in [0.15, 0.2) is 72.9 Å². The molecule has 0 aliphatic heterocycles. The number of rotatable bonds is 10. The Balaban J connectivity index is 1.45. The Morgan fingerprint density at radius 3 is 2.37 bits per heavy atom. The fraction of sp³-hybridized carbons (Fsp3) is 0.179. The summed E-state index contributed by atoms with van der Waals surface area (Å²) in [7, 11) is 3.16. The largest absolute Gasteiger partial charge is 0.493 e. The van der Waals surface area contributed by atoms with E-state index in [1.54, 1.807) is 38.6 Å². The first kappa shape index (κ1) is 24.6. The van der Waals surface area contributed by atoms with E-state index in [9.17, 15) is 4.79 Å². The van der Waals surface area contributed by atoms with Crippen molar-refractivity contribution in [3.63, 3.8) is 0 Å². The lowest BCUT2D eigenvalue weighted by Crippen LogP contribution is -2.11. The molecule has 0 saturated heterocycles. The number of carbonyl (C=O) groups is 1. The summed E-state index contributed by atoms with van der Waals surface area (Å²) in [5, 5.41) is 1.31. The van der Waals surface area contributed by atoms with Crippen LogP contribution in [0.4, 0.5) is 0 Å². The first-order valence-corrected chi connectivity index (χ1v) is 11.8. The van der Waals surface area contributed by atoms with Crippen LogP contribution in [0.5, 0.6) is 23.0 Å². The Hall–Kier alpha value is -3.48. The number of halogens is 1. The van der Waals surface area contributed by atoms with Crippen LogP contribution in [0, 0.1) is 0 Å². The molecular weight excluding hydrogens is 482 g/mol. The van der Waals surface area contributed by atoms with Gasteiger partial charge in [0.05, 0.1) is 19.7 Å². The molecule has 3 aromatic carbocycles. The van der Waals surface area contributed by atoms with Crippen LogP contribution in [0.1, 0.15) is 17.5 Å². The average molecular weight is 506 g/mol. The summed E-state index contributed by atoms with van der Waals surface area (Å²) < 4.78 is 16.9. The Kier molecular flexibility index (Phi) is 7.95. The van der Waals surface area contributed by atoms with Gasteiger partial charge in [-0.05, 0) is 35.4 Å². The first-order chi connectivity index (χ1) is 17.0. The standard InChI is InChI=1S/C28H24ClNO4S/c1-32-27-16-23-25(17-28(27)33-2)30-11-10-26(23)34-21-9-8-19(24(29)15-21)13-22(35)14-20(31)12-18-6-4-3-5-7-18/h3-11,15-17H,12-14H2,1-2H3. The molecule has 0 atom stereocenters. The minimum absolute atomic E-state index is 0.0916. The maximum Gasteiger partial charge on any atom is 0.162 e. The van der Waals surface area contributed by atoms with E-state index in [4.69, 9.17) is 38.0 Å². The Morgan fingerprint density at radius 1 is 0.914 bits per heavy atom. The Labute approximate surface area is 214 Å². The van der Waals surface area contributed by atoms with Crippen molar-refractivity contribution in [3.05, 3.63) is 89.1 Å². The molecule has 0 aliphatic carbocycles. The van der Waals surface area contributed by atoms with Crippen LogP contribution in [-0.2, 0) is 17.6 Å². The van der Waals surface area contributed by atoms with Gasteiger partial charge < -0.3 is 14.2 Å². The molecule has 7 heteroatoms. The van der Waals surface area contributed by atoms with E-state index in [-0.39, 0.29) is 12.2 Å². The van der Waals surface area contributed by atoms with Gasteiger partial charge in [0.1, 0.15) is 17.3 Å². The van der Waals surface area contributed by atoms with E-state index in [2.05, 4.69) is 4.98 Å². The van der Waals surface area contributed by atoms with E-state index >= 15 is 0 Å². The van der Waals surface area contributed by atoms with Crippen LogP contribution in [0.3, 0.4) is 0 Å². The fourth-order valence-electron chi connectivity index (χ4n) is 3.78. The number of aromatic nitrogens is 1. The molecule has 0 fully saturated rings. The predicted octanol–water partition coefficient (Wildman–Crippen LogP) is 6.81. The predicted molar refractivity (Wildman–Crippen MR) is 142 cm³/mol. The number of benzene rings is 3. The number of ketones is 1. The molecule has 1 heterocycles. The first-order valence-electron chi connectivity index (χ1n) is 11.0. The van der Waals surface area contributed by atoms with Gasteiger partial charge in [0.15, 0.2) is 11.5 Å². The molecule has 4 aromatic rings. The zero-order valence-electron chi connectivity index (χ0n) is 19.4. The van der Waals surface area contributed by atoms with Gasteiger partial charge in [0, 0.05) is 46.8 Å². The number of nitrogens with zero attached hydrogens (tertiary/aromatic N) is 1. The molecule has 1 aromatic heterocycles. The van der Waals surface area contributed by atoms with Gasteiger partial charge in [-0.1, -0.05) is 60.2 Å². The molecule has 0 aliphatic rings. The highest BCUT2D eigenvalue weighted by Crippen LogP contribution is 2.37. The molecule has 35 heavy (non-hydrogen) atoms. The maximum absolute atomic E-state index is 12.4. The summed E-state index contributed by atoms with van der Waals surface area (Å²) in [6.45, 7) is 0. The summed E-state index contributed by atoms with van der Waals surface area (Å²) in [4.78, 5) is 17.4. The number of ether oxygens (including phenoxy) is 3. The van der Waals surface area contributed by atoms with Gasteiger partial charge in [-0.15, -0.1) is 0 Å². The third-order valence-electron chi connectivity index (χ3n) is 5.49. The van der Waals surface area contributed by atoms with Crippen LogP contribution >= 0.6 is 23.8 Å². The molecule has 0 amide bonds. The minimum atomic E-state index is 0.0916. The summed E-state index contributed by atoms with van der Waals surface area (Å²) in [6.07, 6.45) is 2.74. The SMILES string of the molecule is COc1cc2nccc(Oc3ccc(CC(=S)CC(=O)Cc4ccccc4)c(Cl)c3)c2cc1OC. The van der Waals surface area contributed by atoms with Gasteiger partial charge in [-0.25, -0.2) is 0 Å². The maximum atomic E-state index is 12.4. The number of hydrogen-bond acceptors (Lipinski definition) is 6. The number of methoxy groups -OCH3 is 2. The third kappa shape index (κ3) is 6.15. The second-order valence-corrected chi connectivity index (χ2v) is 8.97. The minimum Gasteiger partial charge on any atom is -0.493 e. The summed E-state index contributed by atoms with van der Waals surface area (Å²) in [5.74, 6) is 2.46. The van der Waals surface area contributed by atoms with Crippen LogP contribution in [0.2, 0.25) is 5.02 Å². The zero-order chi connectivity index (χ0) is 24.8. The lowest BCUT2D eigenvalue weighted by molar-refractivity contribution is -0.117. The number of thiocarbonyl (C=S) groups is 1. The summed E-state index contributed by atoms with van der Waals surface area (Å²) in [6, 6.07) is 20.5. The fourth-order valence-corrected chi connectivity index (χ4v) is 4.33. The molecule has 178 valence electrons. The molecule has 0 spiro atoms. The van der Waals surface area contributed by atoms with Crippen molar-refractivity contribution in [1.82, 2.24) is 4.98 Å². The van der Waals surface area contributed by atoms with Crippen LogP contribution in [0.25, 0.3) is 10.9 Å². The molecular formula is C28H24ClNO4S. The Morgan fingerprint density at radius 2 is 1.66 bits per heavy atom.